The fourth-order valence-corrected chi connectivity index (χ4v) is 4.60. The van der Waals surface area contributed by atoms with E-state index in [1.165, 1.54) is 23.3 Å². The largest absolute Gasteiger partial charge is 0.330 e. The van der Waals surface area contributed by atoms with E-state index in [2.05, 4.69) is 18.2 Å². The average molecular weight is 403 g/mol. The van der Waals surface area contributed by atoms with Gasteiger partial charge < -0.3 is 10.6 Å². The smallest absolute Gasteiger partial charge is 0.237 e. The molecule has 0 spiro atoms. The Kier molecular flexibility index (Phi) is 6.24. The van der Waals surface area contributed by atoms with Crippen LogP contribution in [0.5, 0.6) is 0 Å². The summed E-state index contributed by atoms with van der Waals surface area (Å²) in [6.45, 7) is 0.505. The van der Waals surface area contributed by atoms with Crippen molar-refractivity contribution >= 4 is 5.91 Å². The lowest BCUT2D eigenvalue weighted by atomic mass is 9.76. The van der Waals surface area contributed by atoms with Crippen LogP contribution in [0, 0.1) is 11.7 Å². The molecule has 4 rings (SSSR count). The summed E-state index contributed by atoms with van der Waals surface area (Å²) in [4.78, 5) is 15.0. The number of benzene rings is 3. The van der Waals surface area contributed by atoms with E-state index in [4.69, 9.17) is 5.73 Å². The van der Waals surface area contributed by atoms with Crippen LogP contribution in [0.1, 0.15) is 34.7 Å². The lowest BCUT2D eigenvalue weighted by Gasteiger charge is -2.41. The second-order valence-corrected chi connectivity index (χ2v) is 7.98. The Balaban J connectivity index is 1.72. The summed E-state index contributed by atoms with van der Waals surface area (Å²) in [5.41, 5.74) is 10.5. The molecular formula is C26H27FN2O. The molecule has 2 unspecified atom stereocenters. The van der Waals surface area contributed by atoms with Gasteiger partial charge >= 0.3 is 0 Å². The van der Waals surface area contributed by atoms with Gasteiger partial charge in [-0.25, -0.2) is 4.39 Å². The number of rotatable bonds is 6. The second kappa shape index (κ2) is 9.23. The monoisotopic (exact) mass is 402 g/mol. The molecule has 3 aromatic rings. The fraction of sp³-hybridized carbons (Fsp3) is 0.269. The van der Waals surface area contributed by atoms with Crippen LogP contribution in [0.25, 0.3) is 0 Å². The van der Waals surface area contributed by atoms with Crippen LogP contribution >= 0.6 is 0 Å². The van der Waals surface area contributed by atoms with Crippen LogP contribution in [-0.4, -0.2) is 17.4 Å². The number of aryl methyl sites for hydroxylation is 1. The molecule has 4 heteroatoms. The third-order valence-corrected chi connectivity index (χ3v) is 6.04. The van der Waals surface area contributed by atoms with Crippen LogP contribution < -0.4 is 5.73 Å². The maximum atomic E-state index is 13.4. The number of hydrogen-bond donors (Lipinski definition) is 1. The second-order valence-electron chi connectivity index (χ2n) is 7.98. The maximum absolute atomic E-state index is 13.4. The van der Waals surface area contributed by atoms with E-state index in [0.717, 1.165) is 30.4 Å². The Morgan fingerprint density at radius 2 is 1.63 bits per heavy atom. The number of carbonyl (C=O) groups is 1. The molecule has 0 aliphatic heterocycles. The van der Waals surface area contributed by atoms with Gasteiger partial charge in [-0.2, -0.15) is 0 Å². The van der Waals surface area contributed by atoms with Gasteiger partial charge in [-0.15, -0.1) is 0 Å². The molecular weight excluding hydrogens is 375 g/mol. The number of nitrogens with zero attached hydrogens (tertiary/aromatic N) is 1. The highest BCUT2D eigenvalue weighted by atomic mass is 19.1. The zero-order chi connectivity index (χ0) is 20.9. The van der Waals surface area contributed by atoms with Crippen LogP contribution in [0.3, 0.4) is 0 Å². The van der Waals surface area contributed by atoms with Crippen LogP contribution in [0.15, 0.2) is 78.9 Å². The van der Waals surface area contributed by atoms with Gasteiger partial charge in [0.05, 0.1) is 12.6 Å². The highest BCUT2D eigenvalue weighted by Crippen LogP contribution is 2.41. The van der Waals surface area contributed by atoms with Crippen molar-refractivity contribution < 1.29 is 9.18 Å². The van der Waals surface area contributed by atoms with Crippen molar-refractivity contribution in [3.8, 4) is 0 Å². The minimum Gasteiger partial charge on any atom is -0.330 e. The first-order valence-corrected chi connectivity index (χ1v) is 10.5. The van der Waals surface area contributed by atoms with E-state index in [1.807, 2.05) is 53.4 Å². The first-order chi connectivity index (χ1) is 14.7. The molecule has 3 nitrogen and oxygen atoms in total. The summed E-state index contributed by atoms with van der Waals surface area (Å²) in [5, 5.41) is 0. The van der Waals surface area contributed by atoms with Crippen molar-refractivity contribution in [2.75, 3.05) is 6.54 Å². The zero-order valence-corrected chi connectivity index (χ0v) is 17.0. The van der Waals surface area contributed by atoms with Gasteiger partial charge in [0.1, 0.15) is 5.82 Å². The molecule has 1 aliphatic rings. The van der Waals surface area contributed by atoms with Crippen LogP contribution in [0.2, 0.25) is 0 Å². The highest BCUT2D eigenvalue weighted by Gasteiger charge is 2.36. The van der Waals surface area contributed by atoms with Crippen molar-refractivity contribution in [2.24, 2.45) is 11.7 Å². The molecule has 0 heterocycles. The Bertz CT molecular complexity index is 987. The molecule has 0 fully saturated rings. The van der Waals surface area contributed by atoms with Crippen molar-refractivity contribution in [3.05, 3.63) is 107 Å². The molecule has 1 aliphatic carbocycles. The van der Waals surface area contributed by atoms with Gasteiger partial charge in [-0.3, -0.25) is 4.79 Å². The number of carbonyl (C=O) groups excluding carboxylic acids is 1. The Morgan fingerprint density at radius 1 is 0.933 bits per heavy atom. The Labute approximate surface area is 177 Å². The quantitative estimate of drug-likeness (QED) is 0.652. The number of nitrogens with two attached hydrogens (primary N) is 1. The van der Waals surface area contributed by atoms with Crippen molar-refractivity contribution in [2.45, 2.75) is 31.8 Å². The molecule has 1 amide bonds. The first kappa shape index (κ1) is 20.3. The van der Waals surface area contributed by atoms with Gasteiger partial charge in [-0.05, 0) is 59.6 Å². The standard InChI is InChI=1S/C26H27FN2O/c27-23-14-10-19(11-15-23)16-22-13-12-21-8-4-5-9-24(21)26(22)29(25(30)17-28)18-20-6-2-1-3-7-20/h1-11,14-15,22,26H,12-13,16-18,28H2. The molecule has 3 aromatic carbocycles. The highest BCUT2D eigenvalue weighted by molar-refractivity contribution is 5.78. The fourth-order valence-electron chi connectivity index (χ4n) is 4.60. The predicted molar refractivity (Wildman–Crippen MR) is 117 cm³/mol. The summed E-state index contributed by atoms with van der Waals surface area (Å²) in [5.74, 6) is -0.0393. The minimum atomic E-state index is -0.228. The lowest BCUT2D eigenvalue weighted by molar-refractivity contribution is -0.134. The summed E-state index contributed by atoms with van der Waals surface area (Å²) >= 11 is 0. The van der Waals surface area contributed by atoms with Gasteiger partial charge in [-0.1, -0.05) is 66.7 Å². The number of fused-ring (bicyclic) bond motifs is 1. The van der Waals surface area contributed by atoms with Crippen molar-refractivity contribution in [3.63, 3.8) is 0 Å². The normalized spacial score (nSPS) is 17.9. The molecule has 0 aromatic heterocycles. The molecule has 0 saturated carbocycles. The van der Waals surface area contributed by atoms with E-state index < -0.39 is 0 Å². The van der Waals surface area contributed by atoms with E-state index in [-0.39, 0.29) is 30.2 Å². The summed E-state index contributed by atoms with van der Waals surface area (Å²) in [6.07, 6.45) is 2.75. The van der Waals surface area contributed by atoms with E-state index in [1.54, 1.807) is 0 Å². The Hall–Kier alpha value is -2.98. The summed E-state index contributed by atoms with van der Waals surface area (Å²) in [6, 6.07) is 25.1. The van der Waals surface area contributed by atoms with E-state index in [9.17, 15) is 9.18 Å². The Morgan fingerprint density at radius 3 is 2.37 bits per heavy atom. The topological polar surface area (TPSA) is 46.3 Å². The third-order valence-electron chi connectivity index (χ3n) is 6.04. The first-order valence-electron chi connectivity index (χ1n) is 10.5. The third kappa shape index (κ3) is 4.44. The van der Waals surface area contributed by atoms with E-state index in [0.29, 0.717) is 6.54 Å². The molecule has 0 bridgehead atoms. The molecule has 2 N–H and O–H groups in total. The molecule has 30 heavy (non-hydrogen) atoms. The minimum absolute atomic E-state index is 0.0191. The molecule has 0 saturated heterocycles. The summed E-state index contributed by atoms with van der Waals surface area (Å²) in [7, 11) is 0. The molecule has 0 radical (unpaired) electrons. The van der Waals surface area contributed by atoms with Gasteiger partial charge in [0.2, 0.25) is 5.91 Å². The van der Waals surface area contributed by atoms with E-state index >= 15 is 0 Å². The van der Waals surface area contributed by atoms with Crippen LogP contribution in [-0.2, 0) is 24.2 Å². The lowest BCUT2D eigenvalue weighted by Crippen LogP contribution is -2.43. The number of hydrogen-bond acceptors (Lipinski definition) is 2. The van der Waals surface area contributed by atoms with Crippen molar-refractivity contribution in [1.82, 2.24) is 4.90 Å². The average Bonchev–Trinajstić information content (AvgIpc) is 2.79. The molecule has 2 atom stereocenters. The van der Waals surface area contributed by atoms with Crippen molar-refractivity contribution in [1.29, 1.82) is 0 Å². The maximum Gasteiger partial charge on any atom is 0.237 e. The SMILES string of the molecule is NCC(=O)N(Cc1ccccc1)C1c2ccccc2CCC1Cc1ccc(F)cc1. The molecule has 154 valence electrons. The van der Waals surface area contributed by atoms with Gasteiger partial charge in [0.15, 0.2) is 0 Å². The van der Waals surface area contributed by atoms with Gasteiger partial charge in [0, 0.05) is 6.54 Å². The summed E-state index contributed by atoms with van der Waals surface area (Å²) < 4.78 is 13.4. The number of halogens is 1. The van der Waals surface area contributed by atoms with Gasteiger partial charge in [0.25, 0.3) is 0 Å². The number of amides is 1. The predicted octanol–water partition coefficient (Wildman–Crippen LogP) is 4.66. The van der Waals surface area contributed by atoms with Crippen LogP contribution in [0.4, 0.5) is 4.39 Å². The zero-order valence-electron chi connectivity index (χ0n) is 17.0.